The molecule has 0 atom stereocenters. The average Bonchev–Trinajstić information content (AvgIpc) is 4.04. The lowest BCUT2D eigenvalue weighted by Gasteiger charge is -2.45. The van der Waals surface area contributed by atoms with Gasteiger partial charge in [0, 0.05) is 70.2 Å². The summed E-state index contributed by atoms with van der Waals surface area (Å²) in [5, 5.41) is 6.05. The molecule has 74 heavy (non-hydrogen) atoms. The van der Waals surface area contributed by atoms with Crippen molar-refractivity contribution >= 4 is 111 Å². The van der Waals surface area contributed by atoms with E-state index >= 15 is 0 Å². The average molecular weight is 989 g/mol. The summed E-state index contributed by atoms with van der Waals surface area (Å²) in [4.78, 5) is 5.23. The molecule has 7 aromatic carbocycles. The van der Waals surface area contributed by atoms with Crippen LogP contribution >= 0.6 is 11.3 Å². The van der Waals surface area contributed by atoms with Crippen LogP contribution in [0, 0.1) is 0 Å². The number of hydrogen-bond donors (Lipinski definition) is 0. The molecule has 0 bridgehead atoms. The van der Waals surface area contributed by atoms with Gasteiger partial charge in [0.25, 0.3) is 0 Å². The molecule has 3 aromatic heterocycles. The summed E-state index contributed by atoms with van der Waals surface area (Å²) >= 11 is 1.95. The first-order valence-corrected chi connectivity index (χ1v) is 28.2. The van der Waals surface area contributed by atoms with E-state index in [9.17, 15) is 0 Å². The van der Waals surface area contributed by atoms with E-state index < -0.39 is 0 Å². The van der Waals surface area contributed by atoms with Crippen LogP contribution in [0.15, 0.2) is 124 Å². The molecule has 2 aliphatic heterocycles. The summed E-state index contributed by atoms with van der Waals surface area (Å²) < 4.78 is 17.5. The van der Waals surface area contributed by atoms with Crippen LogP contribution in [0.25, 0.3) is 64.2 Å². The summed E-state index contributed by atoms with van der Waals surface area (Å²) in [5.74, 6) is 0. The second-order valence-electron chi connectivity index (χ2n) is 27.5. The Morgan fingerprint density at radius 3 is 1.76 bits per heavy atom. The lowest BCUT2D eigenvalue weighted by atomic mass is 9.45. The fourth-order valence-corrected chi connectivity index (χ4v) is 15.0. The maximum Gasteiger partial charge on any atom is 0.376 e. The van der Waals surface area contributed by atoms with E-state index in [1.807, 2.05) is 11.3 Å². The molecule has 0 radical (unpaired) electrons. The molecule has 14 rings (SSSR count). The topological polar surface area (TPSA) is 32.8 Å². The van der Waals surface area contributed by atoms with E-state index in [4.69, 9.17) is 8.83 Å². The van der Waals surface area contributed by atoms with Crippen molar-refractivity contribution in [3.8, 4) is 11.1 Å². The van der Waals surface area contributed by atoms with Gasteiger partial charge in [0.05, 0.1) is 5.69 Å². The molecule has 372 valence electrons. The first kappa shape index (κ1) is 46.3. The lowest BCUT2D eigenvalue weighted by molar-refractivity contribution is 0.332. The number of benzene rings is 7. The molecule has 0 saturated carbocycles. The third-order valence-corrected chi connectivity index (χ3v) is 19.8. The minimum Gasteiger partial charge on any atom is -0.466 e. The van der Waals surface area contributed by atoms with Crippen molar-refractivity contribution in [1.29, 1.82) is 0 Å². The van der Waals surface area contributed by atoms with E-state index in [1.54, 1.807) is 0 Å². The second-order valence-corrected chi connectivity index (χ2v) is 28.6. The number of para-hydroxylation sites is 1. The van der Waals surface area contributed by atoms with E-state index in [0.29, 0.717) is 0 Å². The predicted octanol–water partition coefficient (Wildman–Crippen LogP) is 18.7. The van der Waals surface area contributed by atoms with Gasteiger partial charge in [-0.2, -0.15) is 0 Å². The van der Waals surface area contributed by atoms with Gasteiger partial charge < -0.3 is 18.5 Å². The van der Waals surface area contributed by atoms with E-state index in [1.165, 1.54) is 95.2 Å². The highest BCUT2D eigenvalue weighted by Gasteiger charge is 2.51. The van der Waals surface area contributed by atoms with Crippen molar-refractivity contribution in [2.45, 2.75) is 155 Å². The van der Waals surface area contributed by atoms with Crippen LogP contribution in [0.4, 0.5) is 28.4 Å². The predicted molar refractivity (Wildman–Crippen MR) is 318 cm³/mol. The van der Waals surface area contributed by atoms with Gasteiger partial charge in [0.15, 0.2) is 0 Å². The Balaban J connectivity index is 1.15. The maximum atomic E-state index is 7.58. The van der Waals surface area contributed by atoms with Gasteiger partial charge in [0.1, 0.15) is 22.4 Å². The zero-order valence-corrected chi connectivity index (χ0v) is 46.8. The van der Waals surface area contributed by atoms with Crippen molar-refractivity contribution < 1.29 is 8.83 Å². The Hall–Kier alpha value is -6.24. The number of thiophene rings is 1. The Morgan fingerprint density at radius 1 is 0.486 bits per heavy atom. The second kappa shape index (κ2) is 14.8. The van der Waals surface area contributed by atoms with Crippen LogP contribution in [-0.2, 0) is 32.5 Å². The van der Waals surface area contributed by atoms with E-state index in [0.717, 1.165) is 67.6 Å². The molecule has 2 aliphatic carbocycles. The highest BCUT2D eigenvalue weighted by atomic mass is 32.1. The Labute approximate surface area is 441 Å². The van der Waals surface area contributed by atoms with Gasteiger partial charge in [-0.25, -0.2) is 0 Å². The zero-order chi connectivity index (χ0) is 51.6. The molecule has 5 heterocycles. The van der Waals surface area contributed by atoms with Crippen LogP contribution in [0.2, 0.25) is 0 Å². The summed E-state index contributed by atoms with van der Waals surface area (Å²) in [6.45, 7) is 33.1. The van der Waals surface area contributed by atoms with Gasteiger partial charge >= 0.3 is 6.85 Å². The van der Waals surface area contributed by atoms with Crippen LogP contribution in [-0.4, -0.2) is 6.85 Å². The standard InChI is InChI=1S/C68H69BN2O2S/c1-63(2,3)38-19-22-40(23-20-38)71-52-37-57-43(44-34-50-51(36-56(44)74-57)68(13,14)30-29-67(50,11)12)33-46(52)58-59-53(35-45-42-17-15-16-18-54(42)72-61(45)58)70(41-24-25-48-49(32-41)66(9,10)28-27-65(48,7)8)60-47-31-39(64(4,5)6)21-26-55(47)73-62(60)69(59)71/h15-26,31-37H,27-30H2,1-14H3. The molecule has 0 amide bonds. The van der Waals surface area contributed by atoms with Gasteiger partial charge in [-0.15, -0.1) is 11.3 Å². The molecule has 0 spiro atoms. The van der Waals surface area contributed by atoms with Crippen LogP contribution in [0.1, 0.15) is 156 Å². The number of anilines is 5. The van der Waals surface area contributed by atoms with Gasteiger partial charge in [-0.1, -0.05) is 139 Å². The molecule has 0 N–H and O–H groups in total. The Morgan fingerprint density at radius 2 is 1.07 bits per heavy atom. The van der Waals surface area contributed by atoms with Gasteiger partial charge in [-0.05, 0) is 170 Å². The smallest absolute Gasteiger partial charge is 0.376 e. The molecule has 6 heteroatoms. The van der Waals surface area contributed by atoms with E-state index in [-0.39, 0.29) is 39.3 Å². The van der Waals surface area contributed by atoms with Crippen molar-refractivity contribution in [1.82, 2.24) is 0 Å². The number of fused-ring (bicyclic) bond motifs is 15. The van der Waals surface area contributed by atoms with Crippen molar-refractivity contribution in [2.24, 2.45) is 0 Å². The zero-order valence-electron chi connectivity index (χ0n) is 46.0. The highest BCUT2D eigenvalue weighted by Crippen LogP contribution is 2.57. The summed E-state index contributed by atoms with van der Waals surface area (Å²) in [7, 11) is 0. The highest BCUT2D eigenvalue weighted by molar-refractivity contribution is 7.26. The lowest BCUT2D eigenvalue weighted by Crippen LogP contribution is -2.61. The first-order chi connectivity index (χ1) is 34.9. The third-order valence-electron chi connectivity index (χ3n) is 18.7. The molecule has 4 nitrogen and oxygen atoms in total. The summed E-state index contributed by atoms with van der Waals surface area (Å²) in [6.07, 6.45) is 4.67. The number of nitrogens with zero attached hydrogens (tertiary/aromatic N) is 2. The monoisotopic (exact) mass is 989 g/mol. The number of furan rings is 2. The fourth-order valence-electron chi connectivity index (χ4n) is 13.9. The molecule has 0 saturated heterocycles. The minimum absolute atomic E-state index is 0.00278. The van der Waals surface area contributed by atoms with Gasteiger partial charge in [0.2, 0.25) is 0 Å². The Bertz CT molecular complexity index is 4070. The molecule has 10 aromatic rings. The van der Waals surface area contributed by atoms with Crippen molar-refractivity contribution in [3.05, 3.63) is 149 Å². The van der Waals surface area contributed by atoms with Crippen LogP contribution < -0.4 is 20.8 Å². The summed E-state index contributed by atoms with van der Waals surface area (Å²) in [5.41, 5.74) is 21.7. The van der Waals surface area contributed by atoms with E-state index in [2.05, 4.69) is 222 Å². The molecular formula is C68H69BN2O2S. The molecule has 0 fully saturated rings. The third kappa shape index (κ3) is 6.45. The van der Waals surface area contributed by atoms with Crippen molar-refractivity contribution in [3.63, 3.8) is 0 Å². The number of hydrogen-bond acceptors (Lipinski definition) is 5. The quantitative estimate of drug-likeness (QED) is 0.162. The van der Waals surface area contributed by atoms with Crippen LogP contribution in [0.3, 0.4) is 0 Å². The summed E-state index contributed by atoms with van der Waals surface area (Å²) in [6, 6.07) is 45.1. The molecule has 0 unspecified atom stereocenters. The van der Waals surface area contributed by atoms with Gasteiger partial charge in [-0.3, -0.25) is 0 Å². The maximum absolute atomic E-state index is 7.58. The fraction of sp³-hybridized carbons (Fsp3) is 0.353. The largest absolute Gasteiger partial charge is 0.466 e. The number of rotatable bonds is 2. The normalized spacial score (nSPS) is 18.3. The first-order valence-electron chi connectivity index (χ1n) is 27.4. The molecular weight excluding hydrogens is 920 g/mol. The van der Waals surface area contributed by atoms with Crippen molar-refractivity contribution in [2.75, 3.05) is 9.71 Å². The molecule has 4 aliphatic rings. The van der Waals surface area contributed by atoms with Crippen LogP contribution in [0.5, 0.6) is 0 Å². The minimum atomic E-state index is -0.323. The Kier molecular flexibility index (Phi) is 9.25. The SMILES string of the molecule is CC(C)(C)c1ccc(N2B3c4oc5ccc(C(C)(C)C)cc5c4N(c4ccc5c(c4)C(C)(C)CCC5(C)C)c4cc5c(oc6ccccc65)c(c43)-c3cc4c(cc32)sc2cc3c(cc24)C(C)(C)CCC3(C)C)cc1.